The number of hydrogen-bond acceptors (Lipinski definition) is 17. The molecule has 0 unspecified atom stereocenters. The van der Waals surface area contributed by atoms with Crippen LogP contribution in [0.1, 0.15) is 53.2 Å². The Morgan fingerprint density at radius 1 is 0.783 bits per heavy atom. The molecule has 4 rings (SSSR count). The molecule has 46 heavy (non-hydrogen) atoms. The van der Waals surface area contributed by atoms with Gasteiger partial charge in [0.05, 0.1) is 18.2 Å². The first-order chi connectivity index (χ1) is 21.6. The van der Waals surface area contributed by atoms with Gasteiger partial charge < -0.3 is 37.9 Å². The molecule has 2 fully saturated rings. The van der Waals surface area contributed by atoms with Crippen molar-refractivity contribution < 1.29 is 66.7 Å². The van der Waals surface area contributed by atoms with Crippen LogP contribution in [0.15, 0.2) is 16.1 Å². The lowest BCUT2D eigenvalue weighted by molar-refractivity contribution is -0.198. The molecule has 0 N–H and O–H groups in total. The quantitative estimate of drug-likeness (QED) is 0.226. The summed E-state index contributed by atoms with van der Waals surface area (Å²) >= 11 is 0. The molecule has 0 radical (unpaired) electrons. The molecule has 18 nitrogen and oxygen atoms in total. The van der Waals surface area contributed by atoms with Crippen molar-refractivity contribution in [2.75, 3.05) is 26.4 Å². The SMILES string of the molecule is CC(=O)OC[C@@H]1OC[C@@](OC(C)=O)([C@@H]2C=Nc3c2ncn([C@]2(OC(C)=O)CO[C@H](COC(C)=O)[C@@H]2OC(C)=O)c3=O)[C@H]1OC(C)=O. The highest BCUT2D eigenvalue weighted by atomic mass is 16.7. The third kappa shape index (κ3) is 6.62. The Kier molecular flexibility index (Phi) is 9.91. The Bertz CT molecular complexity index is 1520. The molecule has 0 spiro atoms. The largest absolute Gasteiger partial charge is 0.463 e. The number of esters is 6. The van der Waals surface area contributed by atoms with E-state index in [1.165, 1.54) is 13.1 Å². The molecule has 1 aromatic rings. The lowest BCUT2D eigenvalue weighted by Gasteiger charge is -2.37. The Morgan fingerprint density at radius 3 is 1.87 bits per heavy atom. The summed E-state index contributed by atoms with van der Waals surface area (Å²) in [5.74, 6) is -5.65. The molecular weight excluding hydrogens is 618 g/mol. The maximum Gasteiger partial charge on any atom is 0.304 e. The van der Waals surface area contributed by atoms with E-state index in [9.17, 15) is 33.6 Å². The topological polar surface area (TPSA) is 224 Å². The van der Waals surface area contributed by atoms with Crippen LogP contribution in [0.5, 0.6) is 0 Å². The smallest absolute Gasteiger partial charge is 0.304 e. The molecule has 250 valence electrons. The first-order valence-electron chi connectivity index (χ1n) is 14.0. The zero-order valence-corrected chi connectivity index (χ0v) is 25.8. The fourth-order valence-electron chi connectivity index (χ4n) is 5.71. The first-order valence-corrected chi connectivity index (χ1v) is 14.0. The van der Waals surface area contributed by atoms with E-state index in [0.29, 0.717) is 0 Å². The average Bonchev–Trinajstić information content (AvgIpc) is 3.61. The third-order valence-electron chi connectivity index (χ3n) is 7.33. The van der Waals surface area contributed by atoms with E-state index in [4.69, 9.17) is 37.9 Å². The van der Waals surface area contributed by atoms with Crippen molar-refractivity contribution in [3.05, 3.63) is 22.4 Å². The van der Waals surface area contributed by atoms with Crippen molar-refractivity contribution in [3.8, 4) is 0 Å². The summed E-state index contributed by atoms with van der Waals surface area (Å²) in [7, 11) is 0. The third-order valence-corrected chi connectivity index (χ3v) is 7.33. The number of rotatable bonds is 10. The number of aliphatic imine (C=N–C) groups is 1. The number of carbonyl (C=O) groups excluding carboxylic acids is 6. The van der Waals surface area contributed by atoms with Crippen molar-refractivity contribution in [3.63, 3.8) is 0 Å². The molecule has 2 saturated heterocycles. The van der Waals surface area contributed by atoms with Crippen LogP contribution in [0.3, 0.4) is 0 Å². The molecule has 0 saturated carbocycles. The molecule has 1 aromatic heterocycles. The van der Waals surface area contributed by atoms with Crippen LogP contribution in [0, 0.1) is 0 Å². The van der Waals surface area contributed by atoms with Crippen LogP contribution in [0.2, 0.25) is 0 Å². The van der Waals surface area contributed by atoms with E-state index < -0.39 is 96.2 Å². The summed E-state index contributed by atoms with van der Waals surface area (Å²) < 4.78 is 44.8. The Balaban J connectivity index is 1.82. The van der Waals surface area contributed by atoms with Gasteiger partial charge in [-0.05, 0) is 0 Å². The number of hydrogen-bond donors (Lipinski definition) is 0. The van der Waals surface area contributed by atoms with Crippen LogP contribution >= 0.6 is 0 Å². The summed E-state index contributed by atoms with van der Waals surface area (Å²) in [4.78, 5) is 94.7. The molecule has 7 atom stereocenters. The average molecular weight is 652 g/mol. The van der Waals surface area contributed by atoms with Crippen molar-refractivity contribution in [1.29, 1.82) is 0 Å². The Hall–Kier alpha value is -4.71. The number of aromatic nitrogens is 2. The lowest BCUT2D eigenvalue weighted by atomic mass is 9.81. The molecule has 4 heterocycles. The van der Waals surface area contributed by atoms with Gasteiger partial charge in [-0.3, -0.25) is 43.1 Å². The molecule has 0 aromatic carbocycles. The first kappa shape index (κ1) is 34.2. The van der Waals surface area contributed by atoms with E-state index in [-0.39, 0.29) is 24.6 Å². The van der Waals surface area contributed by atoms with Gasteiger partial charge >= 0.3 is 35.8 Å². The molecule has 0 amide bonds. The standard InChI is InChI=1S/C28H33N3O15/c1-13(32)39-8-20-24(43-15(3)34)27(10-41-20,45-17(5)36)19-7-29-23-22(19)30-12-31(26(23)38)28(46-18(6)37)11-42-21(9-40-14(2)33)25(28)44-16(4)35/h7,12,19-21,24-25H,8-11H2,1-6H3/t19-,20+,21-,24+,25+,27-,28+/m1/s1. The van der Waals surface area contributed by atoms with Crippen LogP contribution < -0.4 is 5.56 Å². The van der Waals surface area contributed by atoms with E-state index >= 15 is 0 Å². The fraction of sp³-hybridized carbons (Fsp3) is 0.607. The van der Waals surface area contributed by atoms with Crippen molar-refractivity contribution in [1.82, 2.24) is 9.55 Å². The van der Waals surface area contributed by atoms with E-state index in [0.717, 1.165) is 45.5 Å². The fourth-order valence-corrected chi connectivity index (χ4v) is 5.71. The van der Waals surface area contributed by atoms with Gasteiger partial charge in [0.1, 0.15) is 38.4 Å². The summed E-state index contributed by atoms with van der Waals surface area (Å²) in [6.07, 6.45) is -2.74. The van der Waals surface area contributed by atoms with E-state index in [1.807, 2.05) is 0 Å². The highest BCUT2D eigenvalue weighted by molar-refractivity contribution is 5.82. The summed E-state index contributed by atoms with van der Waals surface area (Å²) in [6, 6.07) is 0. The minimum Gasteiger partial charge on any atom is -0.463 e. The maximum atomic E-state index is 14.1. The predicted octanol–water partition coefficient (Wildman–Crippen LogP) is -0.652. The van der Waals surface area contributed by atoms with Gasteiger partial charge in [0.25, 0.3) is 11.3 Å². The van der Waals surface area contributed by atoms with Crippen LogP contribution in [-0.4, -0.2) is 108 Å². The highest BCUT2D eigenvalue weighted by Crippen LogP contribution is 2.46. The number of fused-ring (bicyclic) bond motifs is 1. The number of ether oxygens (including phenoxy) is 8. The van der Waals surface area contributed by atoms with Gasteiger partial charge in [-0.2, -0.15) is 0 Å². The zero-order chi connectivity index (χ0) is 34.0. The van der Waals surface area contributed by atoms with Gasteiger partial charge in [-0.25, -0.2) is 4.98 Å². The van der Waals surface area contributed by atoms with Crippen molar-refractivity contribution >= 4 is 47.7 Å². The maximum absolute atomic E-state index is 14.1. The van der Waals surface area contributed by atoms with Crippen LogP contribution in [0.4, 0.5) is 5.69 Å². The van der Waals surface area contributed by atoms with Gasteiger partial charge in [-0.1, -0.05) is 0 Å². The van der Waals surface area contributed by atoms with Gasteiger partial charge in [-0.15, -0.1) is 0 Å². The van der Waals surface area contributed by atoms with Crippen LogP contribution in [-0.2, 0) is 72.4 Å². The molecule has 0 bridgehead atoms. The van der Waals surface area contributed by atoms with Gasteiger partial charge in [0, 0.05) is 47.8 Å². The second kappa shape index (κ2) is 13.3. The van der Waals surface area contributed by atoms with Gasteiger partial charge in [0.15, 0.2) is 23.5 Å². The minimum absolute atomic E-state index is 0.0197. The van der Waals surface area contributed by atoms with E-state index in [1.54, 1.807) is 0 Å². The monoisotopic (exact) mass is 651 g/mol. The number of carbonyl (C=O) groups is 6. The van der Waals surface area contributed by atoms with Gasteiger partial charge in [0.2, 0.25) is 0 Å². The summed E-state index contributed by atoms with van der Waals surface area (Å²) in [5.41, 5.74) is -5.08. The molecule has 3 aliphatic heterocycles. The summed E-state index contributed by atoms with van der Waals surface area (Å²) in [5, 5.41) is 0. The second-order valence-electron chi connectivity index (χ2n) is 10.8. The number of nitrogens with zero attached hydrogens (tertiary/aromatic N) is 3. The molecular formula is C28H33N3O15. The Morgan fingerprint density at radius 2 is 1.33 bits per heavy atom. The highest BCUT2D eigenvalue weighted by Gasteiger charge is 2.62. The normalized spacial score (nSPS) is 29.4. The van der Waals surface area contributed by atoms with Crippen molar-refractivity contribution in [2.45, 2.75) is 83.2 Å². The van der Waals surface area contributed by atoms with Crippen molar-refractivity contribution in [2.24, 2.45) is 4.99 Å². The van der Waals surface area contributed by atoms with E-state index in [2.05, 4.69) is 9.98 Å². The molecule has 3 aliphatic rings. The summed E-state index contributed by atoms with van der Waals surface area (Å²) in [6.45, 7) is 5.10. The second-order valence-corrected chi connectivity index (χ2v) is 10.8. The Labute approximate surface area is 261 Å². The molecule has 18 heteroatoms. The van der Waals surface area contributed by atoms with Crippen LogP contribution in [0.25, 0.3) is 0 Å². The predicted molar refractivity (Wildman–Crippen MR) is 147 cm³/mol. The minimum atomic E-state index is -2.10. The molecule has 0 aliphatic carbocycles. The zero-order valence-electron chi connectivity index (χ0n) is 25.8. The lowest BCUT2D eigenvalue weighted by Crippen LogP contribution is -2.56.